The summed E-state index contributed by atoms with van der Waals surface area (Å²) in [6.07, 6.45) is 5.16. The first-order valence-electron chi connectivity index (χ1n) is 8.91. The summed E-state index contributed by atoms with van der Waals surface area (Å²) < 4.78 is 0. The minimum absolute atomic E-state index is 0.0193. The number of benzene rings is 2. The Kier molecular flexibility index (Phi) is 5.99. The first kappa shape index (κ1) is 18.5. The molecule has 1 aliphatic rings. The number of carbonyl (C=O) groups is 2. The lowest BCUT2D eigenvalue weighted by molar-refractivity contribution is -0.115. The van der Waals surface area contributed by atoms with E-state index in [1.54, 1.807) is 19.0 Å². The summed E-state index contributed by atoms with van der Waals surface area (Å²) in [4.78, 5) is 26.4. The maximum Gasteiger partial charge on any atom is 0.285 e. The predicted octanol–water partition coefficient (Wildman–Crippen LogP) is 4.52. The highest BCUT2D eigenvalue weighted by Gasteiger charge is 2.12. The van der Waals surface area contributed by atoms with Crippen LogP contribution in [0.4, 0.5) is 10.5 Å². The summed E-state index contributed by atoms with van der Waals surface area (Å²) in [5, 5.41) is 2.91. The normalized spacial score (nSPS) is 13.0. The van der Waals surface area contributed by atoms with E-state index >= 15 is 0 Å². The van der Waals surface area contributed by atoms with Gasteiger partial charge in [-0.3, -0.25) is 9.59 Å². The molecule has 0 fully saturated rings. The van der Waals surface area contributed by atoms with Gasteiger partial charge in [-0.1, -0.05) is 18.2 Å². The molecular formula is C21H24N2O2S. The van der Waals surface area contributed by atoms with Crippen molar-refractivity contribution in [2.45, 2.75) is 37.0 Å². The van der Waals surface area contributed by atoms with Crippen molar-refractivity contribution in [1.29, 1.82) is 0 Å². The van der Waals surface area contributed by atoms with Crippen molar-refractivity contribution in [1.82, 2.24) is 4.90 Å². The average molecular weight is 369 g/mol. The van der Waals surface area contributed by atoms with Crippen LogP contribution in [0.25, 0.3) is 0 Å². The molecule has 1 aliphatic carbocycles. The van der Waals surface area contributed by atoms with E-state index in [2.05, 4.69) is 23.5 Å². The van der Waals surface area contributed by atoms with Crippen LogP contribution in [0.3, 0.4) is 0 Å². The lowest BCUT2D eigenvalue weighted by Crippen LogP contribution is -2.16. The van der Waals surface area contributed by atoms with Crippen LogP contribution in [0, 0.1) is 0 Å². The number of nitrogens with one attached hydrogen (secondary N) is 1. The van der Waals surface area contributed by atoms with Crippen molar-refractivity contribution >= 4 is 28.6 Å². The van der Waals surface area contributed by atoms with E-state index in [0.29, 0.717) is 6.42 Å². The predicted molar refractivity (Wildman–Crippen MR) is 107 cm³/mol. The third-order valence-electron chi connectivity index (χ3n) is 4.49. The molecule has 0 unspecified atom stereocenters. The zero-order valence-electron chi connectivity index (χ0n) is 15.2. The molecule has 0 saturated carbocycles. The van der Waals surface area contributed by atoms with E-state index in [4.69, 9.17) is 0 Å². The van der Waals surface area contributed by atoms with Gasteiger partial charge in [0.25, 0.3) is 5.24 Å². The largest absolute Gasteiger partial charge is 0.339 e. The first-order chi connectivity index (χ1) is 12.5. The first-order valence-corrected chi connectivity index (χ1v) is 9.72. The Balaban J connectivity index is 1.57. The summed E-state index contributed by atoms with van der Waals surface area (Å²) in [5.74, 6) is -0.0227. The zero-order chi connectivity index (χ0) is 18.5. The molecule has 0 spiro atoms. The van der Waals surface area contributed by atoms with Crippen LogP contribution >= 0.6 is 11.8 Å². The maximum absolute atomic E-state index is 12.3. The number of aryl methyl sites for hydroxylation is 2. The van der Waals surface area contributed by atoms with Crippen LogP contribution in [0.2, 0.25) is 0 Å². The zero-order valence-corrected chi connectivity index (χ0v) is 16.1. The number of anilines is 1. The number of hydrogen-bond donors (Lipinski definition) is 1. The summed E-state index contributed by atoms with van der Waals surface area (Å²) in [7, 11) is 3.45. The highest BCUT2D eigenvalue weighted by molar-refractivity contribution is 8.13. The Morgan fingerprint density at radius 1 is 1.00 bits per heavy atom. The molecule has 0 atom stereocenters. The van der Waals surface area contributed by atoms with Gasteiger partial charge < -0.3 is 10.2 Å². The molecule has 0 radical (unpaired) electrons. The number of rotatable bonds is 4. The Morgan fingerprint density at radius 2 is 1.69 bits per heavy atom. The van der Waals surface area contributed by atoms with Gasteiger partial charge in [0.05, 0.1) is 6.42 Å². The van der Waals surface area contributed by atoms with Gasteiger partial charge in [0.15, 0.2) is 0 Å². The second-order valence-corrected chi connectivity index (χ2v) is 7.85. The quantitative estimate of drug-likeness (QED) is 0.807. The van der Waals surface area contributed by atoms with Gasteiger partial charge in [0, 0.05) is 24.7 Å². The molecule has 0 saturated heterocycles. The van der Waals surface area contributed by atoms with Crippen LogP contribution in [-0.4, -0.2) is 30.1 Å². The molecule has 0 bridgehead atoms. The molecule has 2 aromatic carbocycles. The highest BCUT2D eigenvalue weighted by atomic mass is 32.2. The van der Waals surface area contributed by atoms with Crippen LogP contribution in [0.1, 0.15) is 29.5 Å². The van der Waals surface area contributed by atoms with Gasteiger partial charge in [-0.05, 0) is 78.4 Å². The van der Waals surface area contributed by atoms with Crippen LogP contribution in [0.15, 0.2) is 47.4 Å². The molecule has 0 aliphatic heterocycles. The van der Waals surface area contributed by atoms with Crippen molar-refractivity contribution in [3.63, 3.8) is 0 Å². The minimum atomic E-state index is -0.0227. The van der Waals surface area contributed by atoms with E-state index in [9.17, 15) is 9.59 Å². The molecule has 136 valence electrons. The van der Waals surface area contributed by atoms with Gasteiger partial charge in [-0.2, -0.15) is 0 Å². The maximum atomic E-state index is 12.3. The third-order valence-corrected chi connectivity index (χ3v) is 5.53. The SMILES string of the molecule is CN(C)C(=O)Sc1ccc(NC(=O)Cc2ccc3c(c2)CCCC3)cc1. The van der Waals surface area contributed by atoms with E-state index in [-0.39, 0.29) is 11.1 Å². The molecule has 0 aromatic heterocycles. The summed E-state index contributed by atoms with van der Waals surface area (Å²) in [6.45, 7) is 0. The smallest absolute Gasteiger partial charge is 0.285 e. The second kappa shape index (κ2) is 8.41. The highest BCUT2D eigenvalue weighted by Crippen LogP contribution is 2.24. The Bertz CT molecular complexity index is 800. The van der Waals surface area contributed by atoms with Gasteiger partial charge in [0.2, 0.25) is 5.91 Å². The Hall–Kier alpha value is -2.27. The summed E-state index contributed by atoms with van der Waals surface area (Å²) >= 11 is 1.17. The number of amides is 2. The minimum Gasteiger partial charge on any atom is -0.339 e. The lowest BCUT2D eigenvalue weighted by Gasteiger charge is -2.16. The van der Waals surface area contributed by atoms with Gasteiger partial charge in [-0.25, -0.2) is 0 Å². The molecule has 0 heterocycles. The topological polar surface area (TPSA) is 49.4 Å². The average Bonchev–Trinajstić information content (AvgIpc) is 2.63. The Labute approximate surface area is 159 Å². The second-order valence-electron chi connectivity index (χ2n) is 6.82. The molecular weight excluding hydrogens is 344 g/mol. The fourth-order valence-electron chi connectivity index (χ4n) is 3.09. The number of fused-ring (bicyclic) bond motifs is 1. The summed E-state index contributed by atoms with van der Waals surface area (Å²) in [6, 6.07) is 13.8. The van der Waals surface area contributed by atoms with Gasteiger partial charge in [0.1, 0.15) is 0 Å². The van der Waals surface area contributed by atoms with E-state index < -0.39 is 0 Å². The van der Waals surface area contributed by atoms with Crippen LogP contribution in [0.5, 0.6) is 0 Å². The number of nitrogens with zero attached hydrogens (tertiary/aromatic N) is 1. The van der Waals surface area contributed by atoms with Gasteiger partial charge in [-0.15, -0.1) is 0 Å². The fourth-order valence-corrected chi connectivity index (χ4v) is 3.74. The summed E-state index contributed by atoms with van der Waals surface area (Å²) in [5.41, 5.74) is 4.63. The van der Waals surface area contributed by atoms with Crippen molar-refractivity contribution < 1.29 is 9.59 Å². The number of carbonyl (C=O) groups excluding carboxylic acids is 2. The monoisotopic (exact) mass is 368 g/mol. The number of thioether (sulfide) groups is 1. The van der Waals surface area contributed by atoms with E-state index in [1.165, 1.54) is 35.7 Å². The van der Waals surface area contributed by atoms with Crippen molar-refractivity contribution in [3.8, 4) is 0 Å². The van der Waals surface area contributed by atoms with Crippen LogP contribution in [-0.2, 0) is 24.1 Å². The molecule has 26 heavy (non-hydrogen) atoms. The number of hydrogen-bond acceptors (Lipinski definition) is 3. The molecule has 1 N–H and O–H groups in total. The molecule has 4 nitrogen and oxygen atoms in total. The molecule has 5 heteroatoms. The van der Waals surface area contributed by atoms with Crippen molar-refractivity contribution in [2.24, 2.45) is 0 Å². The third kappa shape index (κ3) is 4.88. The van der Waals surface area contributed by atoms with Crippen molar-refractivity contribution in [3.05, 3.63) is 59.2 Å². The van der Waals surface area contributed by atoms with Crippen molar-refractivity contribution in [2.75, 3.05) is 19.4 Å². The van der Waals surface area contributed by atoms with Gasteiger partial charge >= 0.3 is 0 Å². The lowest BCUT2D eigenvalue weighted by atomic mass is 9.90. The standard InChI is InChI=1S/C21H24N2O2S/c1-23(2)21(25)26-19-11-9-18(10-12-19)22-20(24)14-15-7-8-16-5-3-4-6-17(16)13-15/h7-13H,3-6,14H2,1-2H3,(H,22,24). The molecule has 3 rings (SSSR count). The van der Waals surface area contributed by atoms with E-state index in [0.717, 1.165) is 29.0 Å². The Morgan fingerprint density at radius 3 is 2.38 bits per heavy atom. The fraction of sp³-hybridized carbons (Fsp3) is 0.333. The van der Waals surface area contributed by atoms with E-state index in [1.807, 2.05) is 24.3 Å². The van der Waals surface area contributed by atoms with Crippen LogP contribution < -0.4 is 5.32 Å². The molecule has 2 aromatic rings. The molecule has 2 amide bonds.